The molecule has 2 radical (unpaired) electrons. The molecular formula is C6H3BF6. The third kappa shape index (κ3) is 1.16. The molecule has 7 heteroatoms. The molecule has 0 amide bonds. The quantitative estimate of drug-likeness (QED) is 0.318. The van der Waals surface area contributed by atoms with Crippen molar-refractivity contribution in [2.75, 3.05) is 0 Å². The molecule has 1 rings (SSSR count). The summed E-state index contributed by atoms with van der Waals surface area (Å²) < 4.78 is 74.6. The second kappa shape index (κ2) is 2.45. The Hall–Kier alpha value is -0.615. The molecule has 2 unspecified atom stereocenters. The Balaban J connectivity index is 3.22. The van der Waals surface area contributed by atoms with Gasteiger partial charge in [0.05, 0.1) is 0 Å². The fraction of sp³-hybridized carbons (Fsp3) is 0.667. The predicted molar refractivity (Wildman–Crippen MR) is 33.5 cm³/mol. The fourth-order valence-corrected chi connectivity index (χ4v) is 0.879. The zero-order chi connectivity index (χ0) is 10.5. The molecule has 0 aliphatic heterocycles. The van der Waals surface area contributed by atoms with Crippen molar-refractivity contribution in [1.82, 2.24) is 0 Å². The first-order chi connectivity index (χ1) is 5.63. The van der Waals surface area contributed by atoms with Crippen molar-refractivity contribution < 1.29 is 26.3 Å². The van der Waals surface area contributed by atoms with Crippen LogP contribution in [0.1, 0.15) is 0 Å². The smallest absolute Gasteiger partial charge is 0.244 e. The van der Waals surface area contributed by atoms with E-state index in [1.807, 2.05) is 0 Å². The van der Waals surface area contributed by atoms with Crippen molar-refractivity contribution in [3.63, 3.8) is 0 Å². The molecule has 0 aromatic heterocycles. The van der Waals surface area contributed by atoms with Gasteiger partial charge in [0.2, 0.25) is 0 Å². The average molecular weight is 200 g/mol. The lowest BCUT2D eigenvalue weighted by Crippen LogP contribution is -2.61. The number of allylic oxidation sites excluding steroid dienone is 2. The Morgan fingerprint density at radius 1 is 1.08 bits per heavy atom. The summed E-state index contributed by atoms with van der Waals surface area (Å²) in [6.45, 7) is 0. The van der Waals surface area contributed by atoms with Crippen LogP contribution in [0.15, 0.2) is 12.2 Å². The number of rotatable bonds is 0. The van der Waals surface area contributed by atoms with Gasteiger partial charge in [-0.25, -0.2) is 8.78 Å². The highest BCUT2D eigenvalue weighted by Crippen LogP contribution is 2.49. The molecule has 0 saturated carbocycles. The van der Waals surface area contributed by atoms with Crippen LogP contribution in [-0.2, 0) is 0 Å². The van der Waals surface area contributed by atoms with Gasteiger partial charge in [-0.05, 0) is 6.08 Å². The van der Waals surface area contributed by atoms with E-state index < -0.39 is 23.6 Å². The summed E-state index contributed by atoms with van der Waals surface area (Å²) in [5.74, 6) is -10.4. The Kier molecular flexibility index (Phi) is 1.97. The van der Waals surface area contributed by atoms with Crippen LogP contribution in [0.25, 0.3) is 0 Å². The van der Waals surface area contributed by atoms with Gasteiger partial charge in [0.1, 0.15) is 7.85 Å². The van der Waals surface area contributed by atoms with Gasteiger partial charge in [0, 0.05) is 0 Å². The third-order valence-corrected chi connectivity index (χ3v) is 1.75. The number of halogens is 6. The van der Waals surface area contributed by atoms with Crippen LogP contribution in [-0.4, -0.2) is 31.4 Å². The van der Waals surface area contributed by atoms with E-state index >= 15 is 0 Å². The summed E-state index contributed by atoms with van der Waals surface area (Å²) in [5, 5.41) is 0. The van der Waals surface area contributed by atoms with Crippen LogP contribution < -0.4 is 0 Å². The minimum absolute atomic E-state index is 0.0165. The monoisotopic (exact) mass is 200 g/mol. The van der Waals surface area contributed by atoms with E-state index in [1.54, 1.807) is 0 Å². The number of hydrogen-bond donors (Lipinski definition) is 0. The predicted octanol–water partition coefficient (Wildman–Crippen LogP) is 2.00. The molecule has 0 saturated heterocycles. The van der Waals surface area contributed by atoms with E-state index in [9.17, 15) is 26.3 Å². The summed E-state index contributed by atoms with van der Waals surface area (Å²) in [5.41, 5.74) is -4.01. The second-order valence-corrected chi connectivity index (χ2v) is 2.73. The van der Waals surface area contributed by atoms with Gasteiger partial charge < -0.3 is 0 Å². The molecule has 0 fully saturated rings. The van der Waals surface area contributed by atoms with Crippen molar-refractivity contribution in [3.05, 3.63) is 12.2 Å². The van der Waals surface area contributed by atoms with Gasteiger partial charge in [0.15, 0.2) is 11.7 Å². The first-order valence-corrected chi connectivity index (χ1v) is 3.20. The second-order valence-electron chi connectivity index (χ2n) is 2.73. The maximum Gasteiger partial charge on any atom is 0.346 e. The molecule has 1 aliphatic rings. The molecule has 0 spiro atoms. The van der Waals surface area contributed by atoms with Gasteiger partial charge in [-0.1, -0.05) is 6.08 Å². The summed E-state index contributed by atoms with van der Waals surface area (Å²) in [6, 6.07) is 0. The van der Waals surface area contributed by atoms with Gasteiger partial charge in [-0.2, -0.15) is 17.6 Å². The molecule has 13 heavy (non-hydrogen) atoms. The van der Waals surface area contributed by atoms with Gasteiger partial charge in [-0.15, -0.1) is 0 Å². The number of hydrogen-bond acceptors (Lipinski definition) is 0. The van der Waals surface area contributed by atoms with Crippen LogP contribution in [0.3, 0.4) is 0 Å². The molecule has 0 heterocycles. The van der Waals surface area contributed by atoms with Crippen LogP contribution >= 0.6 is 0 Å². The summed E-state index contributed by atoms with van der Waals surface area (Å²) in [4.78, 5) is 0. The Morgan fingerprint density at radius 3 is 1.92 bits per heavy atom. The maximum absolute atomic E-state index is 12.6. The highest BCUT2D eigenvalue weighted by atomic mass is 19.3. The molecule has 1 aliphatic carbocycles. The van der Waals surface area contributed by atoms with Crippen LogP contribution in [0.4, 0.5) is 26.3 Å². The SMILES string of the molecule is [B]C1(F)C=CC(F)C(F)(F)C1(F)F. The third-order valence-electron chi connectivity index (χ3n) is 1.75. The first-order valence-electron chi connectivity index (χ1n) is 3.20. The molecule has 2 atom stereocenters. The van der Waals surface area contributed by atoms with Crippen molar-refractivity contribution >= 4 is 7.85 Å². The van der Waals surface area contributed by atoms with Crippen molar-refractivity contribution in [1.29, 1.82) is 0 Å². The molecule has 72 valence electrons. The fourth-order valence-electron chi connectivity index (χ4n) is 0.879. The average Bonchev–Trinajstić information content (AvgIpc) is 1.97. The highest BCUT2D eigenvalue weighted by Gasteiger charge is 2.71. The lowest BCUT2D eigenvalue weighted by molar-refractivity contribution is -0.264. The molecule has 0 N–H and O–H groups in total. The number of alkyl halides is 6. The standard InChI is InChI=1S/C6H3BF6/c7-4(9)2-1-3(8)5(10,11)6(4,12)13/h1-3H. The lowest BCUT2D eigenvalue weighted by atomic mass is 9.71. The zero-order valence-corrected chi connectivity index (χ0v) is 6.08. The van der Waals surface area contributed by atoms with E-state index in [-0.39, 0.29) is 12.2 Å². The van der Waals surface area contributed by atoms with Crippen LogP contribution in [0, 0.1) is 0 Å². The van der Waals surface area contributed by atoms with Crippen molar-refractivity contribution in [2.24, 2.45) is 0 Å². The van der Waals surface area contributed by atoms with E-state index in [2.05, 4.69) is 7.85 Å². The Morgan fingerprint density at radius 2 is 1.54 bits per heavy atom. The van der Waals surface area contributed by atoms with Gasteiger partial charge >= 0.3 is 11.8 Å². The summed E-state index contributed by atoms with van der Waals surface area (Å²) in [7, 11) is 4.24. The normalized spacial score (nSPS) is 41.8. The maximum atomic E-state index is 12.6. The zero-order valence-electron chi connectivity index (χ0n) is 6.08. The van der Waals surface area contributed by atoms with E-state index in [0.717, 1.165) is 0 Å². The minimum atomic E-state index is -5.24. The molecular weight excluding hydrogens is 197 g/mol. The largest absolute Gasteiger partial charge is 0.346 e. The summed E-state index contributed by atoms with van der Waals surface area (Å²) >= 11 is 0. The molecule has 0 aromatic rings. The van der Waals surface area contributed by atoms with Gasteiger partial charge in [-0.3, -0.25) is 0 Å². The van der Waals surface area contributed by atoms with Crippen molar-refractivity contribution in [2.45, 2.75) is 23.6 Å². The molecule has 0 nitrogen and oxygen atoms in total. The van der Waals surface area contributed by atoms with E-state index in [1.165, 1.54) is 0 Å². The highest BCUT2D eigenvalue weighted by molar-refractivity contribution is 6.17. The molecule has 0 bridgehead atoms. The summed E-state index contributed by atoms with van der Waals surface area (Å²) in [6.07, 6.45) is -3.35. The molecule has 0 aromatic carbocycles. The topological polar surface area (TPSA) is 0 Å². The Labute approximate surface area is 71.0 Å². The Bertz CT molecular complexity index is 246. The lowest BCUT2D eigenvalue weighted by Gasteiger charge is -2.38. The van der Waals surface area contributed by atoms with E-state index in [0.29, 0.717) is 0 Å². The van der Waals surface area contributed by atoms with Crippen LogP contribution in [0.5, 0.6) is 0 Å². The van der Waals surface area contributed by atoms with Crippen molar-refractivity contribution in [3.8, 4) is 0 Å². The minimum Gasteiger partial charge on any atom is -0.244 e. The first kappa shape index (κ1) is 10.5. The van der Waals surface area contributed by atoms with E-state index in [4.69, 9.17) is 0 Å². The van der Waals surface area contributed by atoms with Gasteiger partial charge in [0.25, 0.3) is 0 Å². The van der Waals surface area contributed by atoms with Crippen LogP contribution in [0.2, 0.25) is 0 Å².